The van der Waals surface area contributed by atoms with Gasteiger partial charge in [-0.3, -0.25) is 14.4 Å². The number of benzene rings is 4. The van der Waals surface area contributed by atoms with Gasteiger partial charge in [0, 0.05) is 25.0 Å². The molecule has 1 fully saturated rings. The number of aliphatic carboxylic acids is 1. The average Bonchev–Trinajstić information content (AvgIpc) is 2.30. The molecule has 2 aromatic heterocycles. The van der Waals surface area contributed by atoms with E-state index in [1.807, 2.05) is 6.26 Å². The van der Waals surface area contributed by atoms with Crippen molar-refractivity contribution < 1.29 is 90.8 Å². The number of imidazole rings is 2. The van der Waals surface area contributed by atoms with Crippen LogP contribution in [0, 0.1) is 27.7 Å². The summed E-state index contributed by atoms with van der Waals surface area (Å²) in [6.45, 7) is 8.61. The number of thioether (sulfide) groups is 3. The maximum absolute atomic E-state index is 12.9. The van der Waals surface area contributed by atoms with E-state index in [0.717, 1.165) is 50.0 Å². The average molecular weight is 1430 g/mol. The van der Waals surface area contributed by atoms with Crippen LogP contribution < -0.4 is 17.2 Å². The molecule has 498 valence electrons. The Labute approximate surface area is 533 Å². The third-order valence-electron chi connectivity index (χ3n) is 10.6. The number of sulfone groups is 1. The number of ether oxygens (including phenoxy) is 1. The first-order valence-electron chi connectivity index (χ1n) is 24.5. The van der Waals surface area contributed by atoms with E-state index in [1.54, 1.807) is 39.3 Å². The second-order valence-electron chi connectivity index (χ2n) is 18.3. The number of fused-ring (bicyclic) bond motifs is 2. The smallest absolute Gasteiger partial charge is 0.418 e. The van der Waals surface area contributed by atoms with Crippen molar-refractivity contribution in [3.63, 3.8) is 0 Å². The molecule has 15 nitrogen and oxygen atoms in total. The number of carbonyl (C=O) groups is 3. The predicted molar refractivity (Wildman–Crippen MR) is 333 cm³/mol. The normalized spacial score (nSPS) is 12.9. The Kier molecular flexibility index (Phi) is 38.3. The lowest BCUT2D eigenvalue weighted by Crippen LogP contribution is -2.14. The number of hydrogen-bond donors (Lipinski definition) is 6. The number of halogens is 16. The Balaban J connectivity index is 0. The van der Waals surface area contributed by atoms with Crippen molar-refractivity contribution >= 4 is 148 Å². The number of aromatic amines is 2. The Morgan fingerprint density at radius 1 is 0.636 bits per heavy atom. The summed E-state index contributed by atoms with van der Waals surface area (Å²) in [7, 11) is -3.36. The molecule has 0 amide bonds. The third kappa shape index (κ3) is 31.8. The van der Waals surface area contributed by atoms with E-state index < -0.39 is 74.2 Å². The molecule has 88 heavy (non-hydrogen) atoms. The molecule has 1 atom stereocenters. The van der Waals surface area contributed by atoms with Gasteiger partial charge in [0.2, 0.25) is 0 Å². The quantitative estimate of drug-likeness (QED) is 0.0399. The molecule has 3 heterocycles. The minimum absolute atomic E-state index is 0. The number of carboxylic acid groups (broad SMARTS) is 1. The van der Waals surface area contributed by atoms with Gasteiger partial charge in [-0.2, -0.15) is 88.0 Å². The molecule has 0 spiro atoms. The summed E-state index contributed by atoms with van der Waals surface area (Å²) in [5, 5.41) is 8.28. The van der Waals surface area contributed by atoms with Crippen molar-refractivity contribution in [3.8, 4) is 0 Å². The van der Waals surface area contributed by atoms with E-state index in [2.05, 4.69) is 19.9 Å². The maximum atomic E-state index is 12.9. The highest BCUT2D eigenvalue weighted by molar-refractivity contribution is 7.99. The van der Waals surface area contributed by atoms with E-state index in [-0.39, 0.29) is 91.1 Å². The molecule has 1 saturated heterocycles. The maximum Gasteiger partial charge on any atom is 0.418 e. The van der Waals surface area contributed by atoms with Gasteiger partial charge in [-0.1, -0.05) is 11.6 Å². The van der Waals surface area contributed by atoms with Gasteiger partial charge in [-0.15, -0.1) is 46.4 Å². The number of aromatic nitrogens is 4. The van der Waals surface area contributed by atoms with Crippen LogP contribution in [0.25, 0.3) is 22.1 Å². The zero-order valence-electron chi connectivity index (χ0n) is 48.5. The Hall–Kier alpha value is -4.73. The molecule has 4 aromatic carbocycles. The number of H-pyrrole nitrogens is 2. The van der Waals surface area contributed by atoms with E-state index >= 15 is 0 Å². The van der Waals surface area contributed by atoms with Crippen molar-refractivity contribution in [2.45, 2.75) is 96.2 Å². The largest absolute Gasteiger partial charge is 0.481 e. The van der Waals surface area contributed by atoms with Crippen LogP contribution in [-0.4, -0.2) is 116 Å². The van der Waals surface area contributed by atoms with Gasteiger partial charge >= 0.3 is 30.7 Å². The highest BCUT2D eigenvalue weighted by atomic mass is 35.5. The van der Waals surface area contributed by atoms with Gasteiger partial charge in [-0.05, 0) is 131 Å². The second kappa shape index (κ2) is 39.5. The van der Waals surface area contributed by atoms with Crippen LogP contribution in [0.15, 0.2) is 48.5 Å². The molecule has 0 radical (unpaired) electrons. The number of anilines is 3. The number of ketones is 2. The van der Waals surface area contributed by atoms with Crippen LogP contribution in [0.3, 0.4) is 0 Å². The van der Waals surface area contributed by atoms with E-state index in [0.29, 0.717) is 39.3 Å². The first-order valence-corrected chi connectivity index (χ1v) is 32.9. The number of nitrogens with zero attached hydrogens (tertiary/aromatic N) is 2. The standard InChI is InChI=1S/C12H14F3NOS.C11H11F3N2O2S.C11H11F3N2S.C8H9F3N2.C6H10O2.C3H6O2S.2CH2Cl2.H2O/c1-7-3-8(5-9(17)6-18-2)11(16)10(4-7)12(13,14)15;1-6-3-7(11(12,13)14)10-8(4-6)15-9(16-10)5-19(2,17)18;1-6-3-7(11(12,13)14)10-8(4-6)15-9(16-10)5-17-2;1-4-2-5(8(9,10)11)7(13)6(12)3-4;1-5(7)6-3-2-4-8-6;1-6-2-3(4)5;2*2-1-3;/h3-4H,5-6,16H2,1-2H3;3-4H,5H2,1-2H3,(H,15,16);3-4H,5H2,1-2H3,(H,15,16);2-3H,12-13H2,1H3;6H,2-4H2,1H3;2H2,1H3,(H,4,5);2*1H2;1H2. The summed E-state index contributed by atoms with van der Waals surface area (Å²) < 4.78 is 179. The lowest BCUT2D eigenvalue weighted by atomic mass is 9.99. The molecule has 6 aromatic rings. The van der Waals surface area contributed by atoms with Crippen LogP contribution in [0.2, 0.25) is 0 Å². The summed E-state index contributed by atoms with van der Waals surface area (Å²) in [6, 6.07) is 10.2. The van der Waals surface area contributed by atoms with Crippen molar-refractivity contribution in [3.05, 3.63) is 110 Å². The fraction of sp³-hybridized carbons (Fsp3) is 0.453. The van der Waals surface area contributed by atoms with E-state index in [9.17, 15) is 75.5 Å². The van der Waals surface area contributed by atoms with Gasteiger partial charge in [0.15, 0.2) is 15.6 Å². The second-order valence-corrected chi connectivity index (χ2v) is 24.6. The molecule has 0 saturated carbocycles. The lowest BCUT2D eigenvalue weighted by molar-refractivity contribution is -0.137. The number of Topliss-reactive ketones (excluding diaryl/α,β-unsaturated/α-hetero) is 2. The zero-order chi connectivity index (χ0) is 67.6. The highest BCUT2D eigenvalue weighted by Crippen LogP contribution is 2.39. The van der Waals surface area contributed by atoms with Gasteiger partial charge in [0.25, 0.3) is 0 Å². The van der Waals surface area contributed by atoms with Crippen LogP contribution in [-0.2, 0) is 71.6 Å². The Morgan fingerprint density at radius 2 is 1.02 bits per heavy atom. The molecule has 11 N–H and O–H groups in total. The molecule has 1 unspecified atom stereocenters. The lowest BCUT2D eigenvalue weighted by Gasteiger charge is -2.14. The molecule has 1 aliphatic heterocycles. The number of nitrogen functional groups attached to an aromatic ring is 3. The highest BCUT2D eigenvalue weighted by Gasteiger charge is 2.37. The summed E-state index contributed by atoms with van der Waals surface area (Å²) in [4.78, 5) is 44.9. The van der Waals surface area contributed by atoms with Crippen molar-refractivity contribution in [2.75, 3.05) is 71.0 Å². The molecule has 35 heteroatoms. The summed E-state index contributed by atoms with van der Waals surface area (Å²) >= 11 is 23.2. The molecule has 0 aliphatic carbocycles. The molecule has 7 rings (SSSR count). The fourth-order valence-corrected chi connectivity index (χ4v) is 9.05. The van der Waals surface area contributed by atoms with E-state index in [1.165, 1.54) is 67.3 Å². The fourth-order valence-electron chi connectivity index (χ4n) is 7.34. The minimum atomic E-state index is -4.53. The van der Waals surface area contributed by atoms with Crippen LogP contribution in [0.5, 0.6) is 0 Å². The monoisotopic (exact) mass is 1430 g/mol. The van der Waals surface area contributed by atoms with Crippen molar-refractivity contribution in [1.82, 2.24) is 19.9 Å². The van der Waals surface area contributed by atoms with Crippen molar-refractivity contribution in [2.24, 2.45) is 0 Å². The van der Waals surface area contributed by atoms with Gasteiger partial charge in [0.1, 0.15) is 40.3 Å². The van der Waals surface area contributed by atoms with Crippen molar-refractivity contribution in [1.29, 1.82) is 0 Å². The van der Waals surface area contributed by atoms with Crippen LogP contribution in [0.4, 0.5) is 69.7 Å². The number of carbonyl (C=O) groups excluding carboxylic acids is 2. The molecule has 0 bridgehead atoms. The van der Waals surface area contributed by atoms with Gasteiger partial charge in [0.05, 0.1) is 72.6 Å². The first kappa shape index (κ1) is 85.3. The molecular weight excluding hydrogens is 1360 g/mol. The number of aryl methyl sites for hydroxylation is 4. The zero-order valence-corrected chi connectivity index (χ0v) is 54.8. The van der Waals surface area contributed by atoms with Crippen LogP contribution in [0.1, 0.15) is 81.5 Å². The van der Waals surface area contributed by atoms with E-state index in [4.69, 9.17) is 73.4 Å². The summed E-state index contributed by atoms with van der Waals surface area (Å²) in [5.74, 6) is 0.507. The number of hydrogen-bond acceptors (Lipinski definition) is 14. The summed E-state index contributed by atoms with van der Waals surface area (Å²) in [6.07, 6.45) is -9.59. The number of nitrogens with two attached hydrogens (primary N) is 3. The first-order chi connectivity index (χ1) is 40.0. The Morgan fingerprint density at radius 3 is 1.36 bits per heavy atom. The SMILES string of the molecule is CC(=O)C1CCCO1.CSCC(=O)Cc1cc(C)cc(C(F)(F)F)c1N.CSCC(=O)O.CSCc1nc2c(C(F)(F)F)cc(C)cc2[nH]1.Cc1cc(C(F)(F)F)c2nc(CS(C)(=O)=O)[nH]c2c1.Cc1cc(N)c(N)c(C(F)(F)F)c1.ClCCl.ClCCl.O. The van der Waals surface area contributed by atoms with Gasteiger partial charge in [-0.25, -0.2) is 18.4 Å². The Bertz CT molecular complexity index is 3270. The minimum Gasteiger partial charge on any atom is -0.481 e. The van der Waals surface area contributed by atoms with Gasteiger partial charge < -0.3 is 42.5 Å². The van der Waals surface area contributed by atoms with Crippen LogP contribution >= 0.6 is 81.7 Å². The predicted octanol–water partition coefficient (Wildman–Crippen LogP) is 14.6. The third-order valence-corrected chi connectivity index (χ3v) is 13.1. The topological polar surface area (TPSA) is 282 Å². The number of alkyl halides is 16. The number of carboxylic acids is 1. The number of nitrogens with one attached hydrogen (secondary N) is 2. The number of rotatable bonds is 11. The molecular formula is C53H67Cl4F12N7O8S4. The summed E-state index contributed by atoms with van der Waals surface area (Å²) in [5.41, 5.74) is 14.5. The molecule has 1 aliphatic rings.